The lowest BCUT2D eigenvalue weighted by Gasteiger charge is -2.25. The molecule has 8 heteroatoms. The summed E-state index contributed by atoms with van der Waals surface area (Å²) in [6.45, 7) is 11.5. The van der Waals surface area contributed by atoms with E-state index in [0.29, 0.717) is 34.2 Å². The van der Waals surface area contributed by atoms with Crippen LogP contribution in [-0.2, 0) is 5.41 Å². The molecule has 0 spiro atoms. The molecule has 33 heavy (non-hydrogen) atoms. The lowest BCUT2D eigenvalue weighted by Crippen LogP contribution is -2.26. The maximum atomic E-state index is 9.83. The van der Waals surface area contributed by atoms with Gasteiger partial charge < -0.3 is 0 Å². The van der Waals surface area contributed by atoms with E-state index >= 15 is 0 Å². The molecule has 0 bridgehead atoms. The van der Waals surface area contributed by atoms with Crippen molar-refractivity contribution in [2.75, 3.05) is 0 Å². The van der Waals surface area contributed by atoms with Crippen molar-refractivity contribution >= 4 is 0 Å². The van der Waals surface area contributed by atoms with E-state index in [1.165, 1.54) is 0 Å². The van der Waals surface area contributed by atoms with Gasteiger partial charge in [0.1, 0.15) is 23.9 Å². The highest BCUT2D eigenvalue weighted by Gasteiger charge is 2.32. The molecule has 0 aromatic carbocycles. The van der Waals surface area contributed by atoms with Gasteiger partial charge in [-0.3, -0.25) is 9.97 Å². The van der Waals surface area contributed by atoms with Crippen molar-refractivity contribution in [2.45, 2.75) is 58.8 Å². The fraction of sp³-hybridized carbons (Fsp3) is 0.360. The molecule has 0 aliphatic carbocycles. The Kier molecular flexibility index (Phi) is 6.47. The van der Waals surface area contributed by atoms with Gasteiger partial charge in [0.2, 0.25) is 0 Å². The SMILES string of the molecule is Cc1cnc(C#N)c(C(C)(C)c2cnc([C@H](C)c3ccc(C(C)C)c(C#N)n3)c(C#N)n2)n1. The second kappa shape index (κ2) is 9.10. The number of aromatic nitrogens is 5. The van der Waals surface area contributed by atoms with Crippen LogP contribution in [-0.4, -0.2) is 24.9 Å². The molecule has 0 fully saturated rings. The monoisotopic (exact) mass is 436 g/mol. The quantitative estimate of drug-likeness (QED) is 0.581. The molecule has 3 aromatic heterocycles. The maximum Gasteiger partial charge on any atom is 0.162 e. The summed E-state index contributed by atoms with van der Waals surface area (Å²) in [6.07, 6.45) is 3.15. The van der Waals surface area contributed by atoms with Gasteiger partial charge in [-0.05, 0) is 38.3 Å². The minimum atomic E-state index is -0.796. The van der Waals surface area contributed by atoms with E-state index in [-0.39, 0.29) is 23.2 Å². The van der Waals surface area contributed by atoms with Crippen molar-refractivity contribution in [3.05, 3.63) is 75.6 Å². The lowest BCUT2D eigenvalue weighted by molar-refractivity contribution is 0.579. The molecular formula is C25H24N8. The molecule has 3 rings (SSSR count). The van der Waals surface area contributed by atoms with E-state index in [1.807, 2.05) is 46.8 Å². The van der Waals surface area contributed by atoms with Crippen molar-refractivity contribution in [2.24, 2.45) is 0 Å². The Bertz CT molecular complexity index is 1340. The smallest absolute Gasteiger partial charge is 0.162 e. The Morgan fingerprint density at radius 3 is 2.09 bits per heavy atom. The van der Waals surface area contributed by atoms with Gasteiger partial charge in [0.05, 0.1) is 33.9 Å². The molecule has 1 atom stereocenters. The molecule has 0 unspecified atom stereocenters. The fourth-order valence-electron chi connectivity index (χ4n) is 3.64. The van der Waals surface area contributed by atoms with Crippen molar-refractivity contribution in [1.29, 1.82) is 15.8 Å². The van der Waals surface area contributed by atoms with Gasteiger partial charge in [0.25, 0.3) is 0 Å². The fourth-order valence-corrected chi connectivity index (χ4v) is 3.64. The summed E-state index contributed by atoms with van der Waals surface area (Å²) in [7, 11) is 0. The van der Waals surface area contributed by atoms with E-state index in [9.17, 15) is 15.8 Å². The van der Waals surface area contributed by atoms with Crippen LogP contribution in [0.3, 0.4) is 0 Å². The Hall–Kier alpha value is -4.22. The summed E-state index contributed by atoms with van der Waals surface area (Å²) in [5.41, 5.74) is 3.62. The molecular weight excluding hydrogens is 412 g/mol. The maximum absolute atomic E-state index is 9.83. The lowest BCUT2D eigenvalue weighted by atomic mass is 9.84. The minimum absolute atomic E-state index is 0.167. The van der Waals surface area contributed by atoms with Crippen LogP contribution in [0.5, 0.6) is 0 Å². The summed E-state index contributed by atoms with van der Waals surface area (Å²) in [6, 6.07) is 10.2. The van der Waals surface area contributed by atoms with Gasteiger partial charge in [-0.1, -0.05) is 26.8 Å². The highest BCUT2D eigenvalue weighted by atomic mass is 14.9. The number of nitrogens with zero attached hydrogens (tertiary/aromatic N) is 8. The second-order valence-electron chi connectivity index (χ2n) is 8.71. The first kappa shape index (κ1) is 23.4. The number of pyridine rings is 1. The van der Waals surface area contributed by atoms with Crippen LogP contribution in [0.4, 0.5) is 0 Å². The first-order chi connectivity index (χ1) is 15.6. The first-order valence-electron chi connectivity index (χ1n) is 10.6. The first-order valence-corrected chi connectivity index (χ1v) is 10.6. The van der Waals surface area contributed by atoms with E-state index in [4.69, 9.17) is 0 Å². The van der Waals surface area contributed by atoms with Gasteiger partial charge in [0.15, 0.2) is 11.4 Å². The Morgan fingerprint density at radius 1 is 0.818 bits per heavy atom. The third-order valence-electron chi connectivity index (χ3n) is 5.67. The summed E-state index contributed by atoms with van der Waals surface area (Å²) >= 11 is 0. The molecule has 3 aromatic rings. The number of rotatable bonds is 5. The molecule has 0 radical (unpaired) electrons. The van der Waals surface area contributed by atoms with Gasteiger partial charge in [-0.15, -0.1) is 0 Å². The van der Waals surface area contributed by atoms with Crippen molar-refractivity contribution in [3.8, 4) is 18.2 Å². The number of hydrogen-bond acceptors (Lipinski definition) is 8. The van der Waals surface area contributed by atoms with E-state index in [0.717, 1.165) is 5.56 Å². The predicted octanol–water partition coefficient (Wildman–Crippen LogP) is 4.19. The Morgan fingerprint density at radius 2 is 1.48 bits per heavy atom. The topological polar surface area (TPSA) is 136 Å². The molecule has 0 N–H and O–H groups in total. The molecule has 3 heterocycles. The summed E-state index contributed by atoms with van der Waals surface area (Å²) in [4.78, 5) is 22.4. The van der Waals surface area contributed by atoms with Crippen LogP contribution in [0.1, 0.15) is 97.6 Å². The molecule has 0 saturated carbocycles. The average molecular weight is 437 g/mol. The van der Waals surface area contributed by atoms with Crippen LogP contribution < -0.4 is 0 Å². The molecule has 164 valence electrons. The molecule has 0 aliphatic heterocycles. The Balaban J connectivity index is 2.07. The van der Waals surface area contributed by atoms with Crippen LogP contribution in [0, 0.1) is 40.9 Å². The standard InChI is InChI=1S/C25H24N8/c1-14(2)17-7-8-18(32-19(17)9-26)16(4)23-20(10-27)33-22(13-30-23)25(5,6)24-21(11-28)29-12-15(3)31-24/h7-8,12-14,16H,1-6H3/t16-/m1/s1. The number of aryl methyl sites for hydroxylation is 1. The normalized spacial score (nSPS) is 12.0. The minimum Gasteiger partial charge on any atom is -0.256 e. The third kappa shape index (κ3) is 4.40. The van der Waals surface area contributed by atoms with Crippen LogP contribution in [0.2, 0.25) is 0 Å². The van der Waals surface area contributed by atoms with Gasteiger partial charge in [-0.2, -0.15) is 15.8 Å². The molecule has 0 saturated heterocycles. The van der Waals surface area contributed by atoms with Crippen LogP contribution >= 0.6 is 0 Å². The largest absolute Gasteiger partial charge is 0.256 e. The Labute approximate surface area is 193 Å². The average Bonchev–Trinajstić information content (AvgIpc) is 2.82. The zero-order chi connectivity index (χ0) is 24.3. The van der Waals surface area contributed by atoms with Gasteiger partial charge >= 0.3 is 0 Å². The molecule has 0 amide bonds. The van der Waals surface area contributed by atoms with Gasteiger partial charge in [-0.25, -0.2) is 15.0 Å². The summed E-state index contributed by atoms with van der Waals surface area (Å²) in [5.74, 6) is -0.165. The highest BCUT2D eigenvalue weighted by molar-refractivity contribution is 5.42. The zero-order valence-corrected chi connectivity index (χ0v) is 19.5. The van der Waals surface area contributed by atoms with Gasteiger partial charge in [0, 0.05) is 18.3 Å². The summed E-state index contributed by atoms with van der Waals surface area (Å²) < 4.78 is 0. The number of hydrogen-bond donors (Lipinski definition) is 0. The van der Waals surface area contributed by atoms with Crippen molar-refractivity contribution in [1.82, 2.24) is 24.9 Å². The zero-order valence-electron chi connectivity index (χ0n) is 19.5. The molecule has 8 nitrogen and oxygen atoms in total. The van der Waals surface area contributed by atoms with Crippen LogP contribution in [0.25, 0.3) is 0 Å². The van der Waals surface area contributed by atoms with E-state index in [2.05, 4.69) is 43.1 Å². The second-order valence-corrected chi connectivity index (χ2v) is 8.71. The van der Waals surface area contributed by atoms with Crippen molar-refractivity contribution in [3.63, 3.8) is 0 Å². The van der Waals surface area contributed by atoms with E-state index < -0.39 is 5.41 Å². The highest BCUT2D eigenvalue weighted by Crippen LogP contribution is 2.32. The third-order valence-corrected chi connectivity index (χ3v) is 5.67. The number of nitriles is 3. The molecule has 0 aliphatic rings. The summed E-state index contributed by atoms with van der Waals surface area (Å²) in [5, 5.41) is 28.8. The predicted molar refractivity (Wildman–Crippen MR) is 121 cm³/mol. The van der Waals surface area contributed by atoms with Crippen molar-refractivity contribution < 1.29 is 0 Å². The van der Waals surface area contributed by atoms with Crippen LogP contribution in [0.15, 0.2) is 24.5 Å². The van der Waals surface area contributed by atoms with E-state index in [1.54, 1.807) is 19.3 Å².